The van der Waals surface area contributed by atoms with Crippen LogP contribution in [0.2, 0.25) is 0 Å². The summed E-state index contributed by atoms with van der Waals surface area (Å²) in [5, 5.41) is 0.664. The van der Waals surface area contributed by atoms with Crippen LogP contribution in [-0.4, -0.2) is 23.1 Å². The van der Waals surface area contributed by atoms with Gasteiger partial charge in [0.05, 0.1) is 0 Å². The van der Waals surface area contributed by atoms with Crippen LogP contribution < -0.4 is 15.5 Å². The topological polar surface area (TPSA) is 42.2 Å². The molecule has 0 N–H and O–H groups in total. The quantitative estimate of drug-likeness (QED) is 0.874. The lowest BCUT2D eigenvalue weighted by molar-refractivity contribution is 0.141. The first-order chi connectivity index (χ1) is 10.7. The minimum absolute atomic E-state index is 0.417. The number of furan rings is 1. The predicted molar refractivity (Wildman–Crippen MR) is 82.3 cm³/mol. The van der Waals surface area contributed by atoms with E-state index in [2.05, 4.69) is 16.5 Å². The summed E-state index contributed by atoms with van der Waals surface area (Å²) in [4.78, 5) is 10.0. The van der Waals surface area contributed by atoms with Crippen molar-refractivity contribution in [3.63, 3.8) is 0 Å². The molecule has 4 nitrogen and oxygen atoms in total. The highest BCUT2D eigenvalue weighted by Gasteiger charge is 2.24. The second-order valence-corrected chi connectivity index (χ2v) is 5.15. The maximum Gasteiger partial charge on any atom is 0.297 e. The number of allylic oxidation sites excluding steroid dienone is 1. The third-order valence-corrected chi connectivity index (χ3v) is 3.75. The number of fused-ring (bicyclic) bond motifs is 1. The summed E-state index contributed by atoms with van der Waals surface area (Å²) in [5.74, 6) is 0.00109. The molecule has 2 aromatic rings. The monoisotopic (exact) mass is 305 g/mol. The van der Waals surface area contributed by atoms with Crippen molar-refractivity contribution in [2.75, 3.05) is 18.0 Å². The first kappa shape index (κ1) is 14.7. The van der Waals surface area contributed by atoms with Gasteiger partial charge in [-0.05, 0) is 31.9 Å². The second kappa shape index (κ2) is 5.87. The minimum atomic E-state index is -2.72. The zero-order valence-corrected chi connectivity index (χ0v) is 12.4. The highest BCUT2D eigenvalue weighted by molar-refractivity contribution is 5.85. The van der Waals surface area contributed by atoms with Crippen molar-refractivity contribution in [2.45, 2.75) is 26.2 Å². The number of rotatable bonds is 3. The Morgan fingerprint density at radius 2 is 2.00 bits per heavy atom. The molecule has 0 atom stereocenters. The first-order valence-corrected chi connectivity index (χ1v) is 7.28. The lowest BCUT2D eigenvalue weighted by Crippen LogP contribution is -2.21. The van der Waals surface area contributed by atoms with E-state index < -0.39 is 12.2 Å². The van der Waals surface area contributed by atoms with E-state index in [4.69, 9.17) is 4.42 Å². The van der Waals surface area contributed by atoms with E-state index in [1.807, 2.05) is 11.8 Å². The number of aromatic nitrogens is 2. The number of halogens is 2. The van der Waals surface area contributed by atoms with Crippen LogP contribution in [0.15, 0.2) is 17.1 Å². The van der Waals surface area contributed by atoms with Crippen LogP contribution >= 0.6 is 0 Å². The summed E-state index contributed by atoms with van der Waals surface area (Å²) in [6, 6.07) is 0. The molecule has 3 rings (SSSR count). The Balaban J connectivity index is 2.38. The van der Waals surface area contributed by atoms with Gasteiger partial charge in [-0.25, -0.2) is 18.7 Å². The summed E-state index contributed by atoms with van der Waals surface area (Å²) in [6.07, 6.45) is 4.43. The molecule has 6 heteroatoms. The van der Waals surface area contributed by atoms with E-state index in [0.29, 0.717) is 27.6 Å². The lowest BCUT2D eigenvalue weighted by atomic mass is 10.3. The molecule has 2 aromatic heterocycles. The van der Waals surface area contributed by atoms with Crippen molar-refractivity contribution < 1.29 is 13.2 Å². The molecule has 1 fully saturated rings. The summed E-state index contributed by atoms with van der Waals surface area (Å²) >= 11 is 0. The molecule has 1 aliphatic heterocycles. The molecule has 22 heavy (non-hydrogen) atoms. The Bertz CT molecular complexity index is 820. The molecule has 1 saturated heterocycles. The highest BCUT2D eigenvalue weighted by atomic mass is 19.3. The van der Waals surface area contributed by atoms with E-state index in [1.54, 1.807) is 18.2 Å². The third kappa shape index (κ3) is 2.38. The van der Waals surface area contributed by atoms with Gasteiger partial charge in [-0.1, -0.05) is 12.7 Å². The Labute approximate surface area is 126 Å². The van der Waals surface area contributed by atoms with Gasteiger partial charge in [0.1, 0.15) is 10.9 Å². The average molecular weight is 305 g/mol. The van der Waals surface area contributed by atoms with Crippen molar-refractivity contribution in [1.29, 1.82) is 0 Å². The first-order valence-electron chi connectivity index (χ1n) is 7.28. The molecule has 0 radical (unpaired) electrons. The van der Waals surface area contributed by atoms with Crippen LogP contribution in [0.3, 0.4) is 0 Å². The lowest BCUT2D eigenvalue weighted by Gasteiger charge is -2.16. The van der Waals surface area contributed by atoms with Crippen LogP contribution in [0.1, 0.15) is 32.0 Å². The molecule has 0 bridgehead atoms. The van der Waals surface area contributed by atoms with Gasteiger partial charge in [-0.2, -0.15) is 0 Å². The number of alkyl halides is 2. The number of hydrogen-bond acceptors (Lipinski definition) is 4. The number of nitrogens with zero attached hydrogens (tertiary/aromatic N) is 3. The van der Waals surface area contributed by atoms with E-state index in [0.717, 1.165) is 25.9 Å². The van der Waals surface area contributed by atoms with Crippen molar-refractivity contribution in [3.8, 4) is 0 Å². The average Bonchev–Trinajstić information content (AvgIpc) is 3.14. The Morgan fingerprint density at radius 3 is 2.59 bits per heavy atom. The van der Waals surface area contributed by atoms with Gasteiger partial charge in [0.15, 0.2) is 17.2 Å². The number of hydrogen-bond donors (Lipinski definition) is 0. The smallest absolute Gasteiger partial charge is 0.297 e. The fourth-order valence-corrected chi connectivity index (χ4v) is 2.75. The minimum Gasteiger partial charge on any atom is -0.451 e. The van der Waals surface area contributed by atoms with Crippen molar-refractivity contribution in [2.24, 2.45) is 0 Å². The fraction of sp³-hybridized carbons (Fsp3) is 0.375. The van der Waals surface area contributed by atoms with Crippen LogP contribution in [-0.2, 0) is 0 Å². The molecule has 1 aliphatic rings. The van der Waals surface area contributed by atoms with Crippen LogP contribution in [0, 0.1) is 0 Å². The van der Waals surface area contributed by atoms with Gasteiger partial charge in [0.2, 0.25) is 0 Å². The van der Waals surface area contributed by atoms with Gasteiger partial charge in [-0.15, -0.1) is 0 Å². The number of anilines is 1. The standard InChI is InChI=1S/C16H17F2N3O/c1-3-7-10-11(4-2)22-13-12(10)19-15(14(17)18)20-16(13)21-8-5-6-9-21/h3-4,7,14H,1,5-6,8-9H2,2H3/b10-7+,11-4+. The van der Waals surface area contributed by atoms with Gasteiger partial charge in [0, 0.05) is 18.3 Å². The predicted octanol–water partition coefficient (Wildman–Crippen LogP) is 2.53. The van der Waals surface area contributed by atoms with Crippen molar-refractivity contribution in [1.82, 2.24) is 9.97 Å². The Hall–Kier alpha value is -2.24. The van der Waals surface area contributed by atoms with E-state index in [9.17, 15) is 8.78 Å². The summed E-state index contributed by atoms with van der Waals surface area (Å²) < 4.78 is 32.1. The second-order valence-electron chi connectivity index (χ2n) is 5.15. The molecule has 0 spiro atoms. The Kier molecular flexibility index (Phi) is 3.92. The van der Waals surface area contributed by atoms with Crippen LogP contribution in [0.5, 0.6) is 0 Å². The normalized spacial score (nSPS) is 17.2. The fourth-order valence-electron chi connectivity index (χ4n) is 2.75. The molecule has 0 aromatic carbocycles. The maximum absolute atomic E-state index is 13.2. The zero-order chi connectivity index (χ0) is 15.7. The van der Waals surface area contributed by atoms with E-state index in [1.165, 1.54) is 0 Å². The Morgan fingerprint density at radius 1 is 1.27 bits per heavy atom. The van der Waals surface area contributed by atoms with E-state index in [-0.39, 0.29) is 0 Å². The third-order valence-electron chi connectivity index (χ3n) is 3.75. The van der Waals surface area contributed by atoms with Gasteiger partial charge in [-0.3, -0.25) is 0 Å². The molecule has 0 saturated carbocycles. The molecule has 0 aliphatic carbocycles. The van der Waals surface area contributed by atoms with Crippen LogP contribution in [0.25, 0.3) is 23.3 Å². The summed E-state index contributed by atoms with van der Waals surface area (Å²) in [6.45, 7) is 7.08. The van der Waals surface area contributed by atoms with Gasteiger partial charge in [0.25, 0.3) is 6.43 Å². The van der Waals surface area contributed by atoms with Crippen molar-refractivity contribution in [3.05, 3.63) is 29.1 Å². The summed E-state index contributed by atoms with van der Waals surface area (Å²) in [5.41, 5.74) is 1.48. The maximum atomic E-state index is 13.2. The molecular formula is C16H17F2N3O. The SMILES string of the molecule is C=C/C=c1\c(=C/C)oc2c(N3CCCC3)nc(C(F)F)nc12. The van der Waals surface area contributed by atoms with Crippen molar-refractivity contribution >= 4 is 29.1 Å². The molecule has 0 unspecified atom stereocenters. The molecular weight excluding hydrogens is 288 g/mol. The largest absolute Gasteiger partial charge is 0.451 e. The molecule has 116 valence electrons. The molecule has 0 amide bonds. The molecule has 3 heterocycles. The van der Waals surface area contributed by atoms with Gasteiger partial charge < -0.3 is 9.32 Å². The zero-order valence-electron chi connectivity index (χ0n) is 12.4. The van der Waals surface area contributed by atoms with Gasteiger partial charge >= 0.3 is 0 Å². The highest BCUT2D eigenvalue weighted by Crippen LogP contribution is 2.27. The summed E-state index contributed by atoms with van der Waals surface area (Å²) in [7, 11) is 0. The van der Waals surface area contributed by atoms with E-state index >= 15 is 0 Å². The van der Waals surface area contributed by atoms with Crippen LogP contribution in [0.4, 0.5) is 14.6 Å².